The first-order valence-corrected chi connectivity index (χ1v) is 6.73. The fraction of sp³-hybridized carbons (Fsp3) is 0.533. The molecule has 20 heavy (non-hydrogen) atoms. The van der Waals surface area contributed by atoms with E-state index in [1.165, 1.54) is 19.1 Å². The monoisotopic (exact) mass is 284 g/mol. The van der Waals surface area contributed by atoms with E-state index in [1.54, 1.807) is 0 Å². The summed E-state index contributed by atoms with van der Waals surface area (Å²) in [5.74, 6) is -0.558. The second kappa shape index (κ2) is 8.66. The highest BCUT2D eigenvalue weighted by Gasteiger charge is 2.12. The summed E-state index contributed by atoms with van der Waals surface area (Å²) in [6, 6.07) is 3.71. The van der Waals surface area contributed by atoms with Gasteiger partial charge in [0.2, 0.25) is 0 Å². The Bertz CT molecular complexity index is 434. The van der Waals surface area contributed by atoms with Crippen molar-refractivity contribution in [1.29, 1.82) is 0 Å². The molecule has 0 bridgehead atoms. The van der Waals surface area contributed by atoms with Gasteiger partial charge in [-0.2, -0.15) is 0 Å². The van der Waals surface area contributed by atoms with Gasteiger partial charge in [0.1, 0.15) is 24.3 Å². The molecule has 0 heterocycles. The molecule has 0 spiro atoms. The van der Waals surface area contributed by atoms with Gasteiger partial charge in [-0.05, 0) is 25.5 Å². The van der Waals surface area contributed by atoms with E-state index in [0.717, 1.165) is 18.9 Å². The first kappa shape index (κ1) is 16.6. The van der Waals surface area contributed by atoms with Crippen LogP contribution in [0.1, 0.15) is 37.0 Å². The molecule has 1 aromatic rings. The third-order valence-electron chi connectivity index (χ3n) is 2.71. The number of ketones is 1. The quantitative estimate of drug-likeness (QED) is 0.559. The number of aliphatic hydroxyl groups excluding tert-OH is 1. The van der Waals surface area contributed by atoms with E-state index >= 15 is 0 Å². The van der Waals surface area contributed by atoms with Crippen LogP contribution in [0.5, 0.6) is 5.75 Å². The fourth-order valence-electron chi connectivity index (χ4n) is 1.61. The van der Waals surface area contributed by atoms with E-state index in [9.17, 15) is 14.3 Å². The minimum absolute atomic E-state index is 0.0458. The predicted octanol–water partition coefficient (Wildman–Crippen LogP) is 2.58. The Morgan fingerprint density at radius 1 is 1.40 bits per heavy atom. The standard InChI is InChI=1S/C15H21FO4/c1-3-4-7-19-9-13(18)10-20-15-8-12(16)5-6-14(15)11(2)17/h5-6,8,13,18H,3-4,7,9-10H2,1-2H3. The number of carbonyl (C=O) groups is 1. The minimum Gasteiger partial charge on any atom is -0.490 e. The van der Waals surface area contributed by atoms with Crippen LogP contribution >= 0.6 is 0 Å². The number of halogens is 1. The summed E-state index contributed by atoms with van der Waals surface area (Å²) in [5.41, 5.74) is 0.297. The number of rotatable bonds is 9. The summed E-state index contributed by atoms with van der Waals surface area (Å²) < 4.78 is 23.7. The molecule has 5 heteroatoms. The highest BCUT2D eigenvalue weighted by atomic mass is 19.1. The summed E-state index contributed by atoms with van der Waals surface area (Å²) in [6.45, 7) is 4.13. The Hall–Kier alpha value is -1.46. The van der Waals surface area contributed by atoms with E-state index < -0.39 is 11.9 Å². The van der Waals surface area contributed by atoms with E-state index in [4.69, 9.17) is 9.47 Å². The maximum Gasteiger partial charge on any atom is 0.163 e. The summed E-state index contributed by atoms with van der Waals surface area (Å²) >= 11 is 0. The average Bonchev–Trinajstić information content (AvgIpc) is 2.41. The van der Waals surface area contributed by atoms with Crippen LogP contribution in [-0.4, -0.2) is 36.8 Å². The normalized spacial score (nSPS) is 12.2. The van der Waals surface area contributed by atoms with Crippen molar-refractivity contribution >= 4 is 5.78 Å². The van der Waals surface area contributed by atoms with Crippen LogP contribution in [0.15, 0.2) is 18.2 Å². The second-order valence-electron chi connectivity index (χ2n) is 4.59. The topological polar surface area (TPSA) is 55.8 Å². The van der Waals surface area contributed by atoms with Gasteiger partial charge in [0.25, 0.3) is 0 Å². The van der Waals surface area contributed by atoms with Crippen molar-refractivity contribution < 1.29 is 23.8 Å². The van der Waals surface area contributed by atoms with Crippen molar-refractivity contribution in [3.05, 3.63) is 29.6 Å². The smallest absolute Gasteiger partial charge is 0.163 e. The van der Waals surface area contributed by atoms with Crippen molar-refractivity contribution in [2.24, 2.45) is 0 Å². The van der Waals surface area contributed by atoms with Crippen molar-refractivity contribution in [3.8, 4) is 5.75 Å². The summed E-state index contributed by atoms with van der Waals surface area (Å²) in [7, 11) is 0. The van der Waals surface area contributed by atoms with Crippen LogP contribution in [0.4, 0.5) is 4.39 Å². The van der Waals surface area contributed by atoms with Crippen LogP contribution < -0.4 is 4.74 Å². The summed E-state index contributed by atoms with van der Waals surface area (Å²) in [5, 5.41) is 9.68. The number of hydrogen-bond acceptors (Lipinski definition) is 4. The Balaban J connectivity index is 2.48. The number of ether oxygens (including phenoxy) is 2. The number of benzene rings is 1. The van der Waals surface area contributed by atoms with Gasteiger partial charge in [0.05, 0.1) is 12.2 Å². The highest BCUT2D eigenvalue weighted by molar-refractivity contribution is 5.96. The molecule has 112 valence electrons. The molecule has 1 rings (SSSR count). The van der Waals surface area contributed by atoms with Gasteiger partial charge in [-0.15, -0.1) is 0 Å². The molecule has 0 amide bonds. The van der Waals surface area contributed by atoms with Crippen molar-refractivity contribution in [1.82, 2.24) is 0 Å². The van der Waals surface area contributed by atoms with E-state index in [-0.39, 0.29) is 24.7 Å². The molecule has 0 aromatic heterocycles. The molecule has 0 saturated heterocycles. The zero-order valence-electron chi connectivity index (χ0n) is 11.9. The lowest BCUT2D eigenvalue weighted by Gasteiger charge is -2.14. The van der Waals surface area contributed by atoms with Crippen LogP contribution in [0.2, 0.25) is 0 Å². The van der Waals surface area contributed by atoms with E-state index in [2.05, 4.69) is 6.92 Å². The molecule has 0 fully saturated rings. The fourth-order valence-corrected chi connectivity index (χ4v) is 1.61. The van der Waals surface area contributed by atoms with Gasteiger partial charge in [0, 0.05) is 12.7 Å². The molecule has 4 nitrogen and oxygen atoms in total. The molecular weight excluding hydrogens is 263 g/mol. The third-order valence-corrected chi connectivity index (χ3v) is 2.71. The largest absolute Gasteiger partial charge is 0.490 e. The van der Waals surface area contributed by atoms with Gasteiger partial charge in [-0.3, -0.25) is 4.79 Å². The number of unbranched alkanes of at least 4 members (excludes halogenated alkanes) is 1. The number of aliphatic hydroxyl groups is 1. The number of Topliss-reactive ketones (excluding diaryl/α,β-unsaturated/α-hetero) is 1. The Kier molecular flexibility index (Phi) is 7.18. The molecular formula is C15H21FO4. The molecule has 0 saturated carbocycles. The Morgan fingerprint density at radius 3 is 2.80 bits per heavy atom. The molecule has 1 atom stereocenters. The second-order valence-corrected chi connectivity index (χ2v) is 4.59. The minimum atomic E-state index is -0.810. The van der Waals surface area contributed by atoms with Gasteiger partial charge >= 0.3 is 0 Å². The molecule has 1 unspecified atom stereocenters. The predicted molar refractivity (Wildman–Crippen MR) is 73.6 cm³/mol. The van der Waals surface area contributed by atoms with Crippen LogP contribution in [0.3, 0.4) is 0 Å². The highest BCUT2D eigenvalue weighted by Crippen LogP contribution is 2.20. The molecule has 0 aliphatic carbocycles. The molecule has 0 radical (unpaired) electrons. The average molecular weight is 284 g/mol. The van der Waals surface area contributed by atoms with Gasteiger partial charge < -0.3 is 14.6 Å². The zero-order chi connectivity index (χ0) is 15.0. The van der Waals surface area contributed by atoms with E-state index in [1.807, 2.05) is 0 Å². The summed E-state index contributed by atoms with van der Waals surface area (Å²) in [6.07, 6.45) is 1.15. The SMILES string of the molecule is CCCCOCC(O)COc1cc(F)ccc1C(C)=O. The molecule has 1 N–H and O–H groups in total. The van der Waals surface area contributed by atoms with Crippen LogP contribution in [-0.2, 0) is 4.74 Å². The summed E-state index contributed by atoms with van der Waals surface area (Å²) in [4.78, 5) is 11.4. The first-order chi connectivity index (χ1) is 9.54. The van der Waals surface area contributed by atoms with Crippen LogP contribution in [0.25, 0.3) is 0 Å². The van der Waals surface area contributed by atoms with Gasteiger partial charge in [-0.25, -0.2) is 4.39 Å². The van der Waals surface area contributed by atoms with Crippen molar-refractivity contribution in [2.45, 2.75) is 32.8 Å². The van der Waals surface area contributed by atoms with Crippen molar-refractivity contribution in [3.63, 3.8) is 0 Å². The van der Waals surface area contributed by atoms with Gasteiger partial charge in [0.15, 0.2) is 5.78 Å². The maximum atomic E-state index is 13.1. The molecule has 0 aliphatic heterocycles. The lowest BCUT2D eigenvalue weighted by molar-refractivity contribution is 0.0111. The molecule has 0 aliphatic rings. The molecule has 1 aromatic carbocycles. The van der Waals surface area contributed by atoms with Crippen molar-refractivity contribution in [2.75, 3.05) is 19.8 Å². The lowest BCUT2D eigenvalue weighted by Crippen LogP contribution is -2.24. The number of hydrogen-bond donors (Lipinski definition) is 1. The Labute approximate surface area is 118 Å². The maximum absolute atomic E-state index is 13.1. The first-order valence-electron chi connectivity index (χ1n) is 6.73. The van der Waals surface area contributed by atoms with Crippen LogP contribution in [0, 0.1) is 5.82 Å². The Morgan fingerprint density at radius 2 is 2.15 bits per heavy atom. The lowest BCUT2D eigenvalue weighted by atomic mass is 10.1. The number of carbonyl (C=O) groups excluding carboxylic acids is 1. The zero-order valence-corrected chi connectivity index (χ0v) is 11.9. The third kappa shape index (κ3) is 5.67. The van der Waals surface area contributed by atoms with Gasteiger partial charge in [-0.1, -0.05) is 13.3 Å². The van der Waals surface area contributed by atoms with E-state index in [0.29, 0.717) is 12.2 Å².